The molecule has 0 amide bonds. The summed E-state index contributed by atoms with van der Waals surface area (Å²) in [4.78, 5) is 0. The predicted molar refractivity (Wildman–Crippen MR) is 67.5 cm³/mol. The molecule has 0 unspecified atom stereocenters. The average molecular weight is 269 g/mol. The van der Waals surface area contributed by atoms with Gasteiger partial charge in [0.1, 0.15) is 21.3 Å². The molecule has 0 N–H and O–H groups in total. The summed E-state index contributed by atoms with van der Waals surface area (Å²) in [7, 11) is -1.46. The number of nitrogens with zero attached hydrogens (tertiary/aromatic N) is 1. The predicted octanol–water partition coefficient (Wildman–Crippen LogP) is 1.38. The molecule has 6 heteroatoms. The fourth-order valence-electron chi connectivity index (χ4n) is 1.35. The van der Waals surface area contributed by atoms with E-state index in [1.807, 2.05) is 6.07 Å². The molecular formula is C12H15NO4S. The van der Waals surface area contributed by atoms with E-state index in [2.05, 4.69) is 0 Å². The van der Waals surface area contributed by atoms with Gasteiger partial charge >= 0.3 is 0 Å². The summed E-state index contributed by atoms with van der Waals surface area (Å²) < 4.78 is 32.3. The minimum absolute atomic E-state index is 0.0854. The molecule has 0 bridgehead atoms. The third kappa shape index (κ3) is 5.06. The molecule has 0 radical (unpaired) electrons. The van der Waals surface area contributed by atoms with Crippen LogP contribution in [-0.2, 0) is 9.84 Å². The monoisotopic (exact) mass is 269 g/mol. The molecule has 0 aliphatic heterocycles. The Morgan fingerprint density at radius 1 is 1.28 bits per heavy atom. The summed E-state index contributed by atoms with van der Waals surface area (Å²) in [6.45, 7) is 0.283. The Bertz CT molecular complexity index is 546. The van der Waals surface area contributed by atoms with Crippen molar-refractivity contribution in [2.75, 3.05) is 25.7 Å². The summed E-state index contributed by atoms with van der Waals surface area (Å²) in [5.74, 6) is 1.12. The highest BCUT2D eigenvalue weighted by molar-refractivity contribution is 7.90. The van der Waals surface area contributed by atoms with Crippen LogP contribution >= 0.6 is 0 Å². The van der Waals surface area contributed by atoms with Gasteiger partial charge in [-0.05, 0) is 18.6 Å². The van der Waals surface area contributed by atoms with Gasteiger partial charge in [0.2, 0.25) is 0 Å². The number of nitriles is 1. The average Bonchev–Trinajstić information content (AvgIpc) is 2.33. The first-order chi connectivity index (χ1) is 8.44. The van der Waals surface area contributed by atoms with Gasteiger partial charge in [-0.3, -0.25) is 0 Å². The molecule has 1 aromatic carbocycles. The molecule has 0 aromatic heterocycles. The van der Waals surface area contributed by atoms with Gasteiger partial charge < -0.3 is 9.47 Å². The van der Waals surface area contributed by atoms with Crippen molar-refractivity contribution >= 4 is 9.84 Å². The minimum Gasteiger partial charge on any atom is -0.497 e. The second kappa shape index (κ2) is 6.26. The number of methoxy groups -OCH3 is 1. The third-order valence-corrected chi connectivity index (χ3v) is 3.20. The van der Waals surface area contributed by atoms with Gasteiger partial charge in [-0.2, -0.15) is 5.26 Å². The van der Waals surface area contributed by atoms with Gasteiger partial charge in [0.15, 0.2) is 0 Å². The lowest BCUT2D eigenvalue weighted by atomic mass is 10.2. The maximum Gasteiger partial charge on any atom is 0.147 e. The normalized spacial score (nSPS) is 10.7. The minimum atomic E-state index is -2.96. The molecule has 0 atom stereocenters. The first-order valence-corrected chi connectivity index (χ1v) is 7.40. The Morgan fingerprint density at radius 3 is 2.50 bits per heavy atom. The number of hydrogen-bond acceptors (Lipinski definition) is 5. The highest BCUT2D eigenvalue weighted by Gasteiger charge is 2.04. The fraction of sp³-hybridized carbons (Fsp3) is 0.417. The summed E-state index contributed by atoms with van der Waals surface area (Å²) in [5.41, 5.74) is 0.437. The Kier molecular flexibility index (Phi) is 4.98. The van der Waals surface area contributed by atoms with Crippen LogP contribution in [0.5, 0.6) is 11.5 Å². The van der Waals surface area contributed by atoms with Crippen LogP contribution in [-0.4, -0.2) is 34.1 Å². The molecule has 1 aromatic rings. The van der Waals surface area contributed by atoms with Crippen LogP contribution in [0.2, 0.25) is 0 Å². The smallest absolute Gasteiger partial charge is 0.147 e. The van der Waals surface area contributed by atoms with Crippen molar-refractivity contribution in [3.05, 3.63) is 23.8 Å². The van der Waals surface area contributed by atoms with E-state index in [4.69, 9.17) is 14.7 Å². The second-order valence-electron chi connectivity index (χ2n) is 3.84. The van der Waals surface area contributed by atoms with Gasteiger partial charge in [-0.1, -0.05) is 0 Å². The number of sulfone groups is 1. The van der Waals surface area contributed by atoms with Crippen molar-refractivity contribution in [2.24, 2.45) is 0 Å². The van der Waals surface area contributed by atoms with E-state index in [1.54, 1.807) is 18.2 Å². The van der Waals surface area contributed by atoms with Crippen molar-refractivity contribution in [3.63, 3.8) is 0 Å². The first-order valence-electron chi connectivity index (χ1n) is 5.34. The van der Waals surface area contributed by atoms with Gasteiger partial charge in [0, 0.05) is 12.3 Å². The molecule has 0 aliphatic carbocycles. The van der Waals surface area contributed by atoms with E-state index in [9.17, 15) is 8.42 Å². The summed E-state index contributed by atoms with van der Waals surface area (Å²) >= 11 is 0. The van der Waals surface area contributed by atoms with Crippen LogP contribution in [0.15, 0.2) is 18.2 Å². The molecule has 0 fully saturated rings. The van der Waals surface area contributed by atoms with Gasteiger partial charge in [-0.25, -0.2) is 8.42 Å². The molecule has 0 aliphatic rings. The maximum atomic E-state index is 10.9. The molecule has 0 saturated carbocycles. The highest BCUT2D eigenvalue weighted by Crippen LogP contribution is 2.22. The number of ether oxygens (including phenoxy) is 2. The zero-order chi connectivity index (χ0) is 13.6. The molecular weight excluding hydrogens is 254 g/mol. The van der Waals surface area contributed by atoms with Gasteiger partial charge in [0.25, 0.3) is 0 Å². The summed E-state index contributed by atoms with van der Waals surface area (Å²) in [5, 5.41) is 8.82. The quantitative estimate of drug-likeness (QED) is 0.729. The topological polar surface area (TPSA) is 76.4 Å². The van der Waals surface area contributed by atoms with E-state index < -0.39 is 9.84 Å². The first kappa shape index (κ1) is 14.3. The zero-order valence-corrected chi connectivity index (χ0v) is 11.2. The Morgan fingerprint density at radius 2 is 1.94 bits per heavy atom. The summed E-state index contributed by atoms with van der Waals surface area (Å²) in [6.07, 6.45) is 1.60. The van der Waals surface area contributed by atoms with E-state index in [1.165, 1.54) is 13.4 Å². The van der Waals surface area contributed by atoms with E-state index >= 15 is 0 Å². The Labute approximate surface area is 107 Å². The van der Waals surface area contributed by atoms with Crippen molar-refractivity contribution in [1.82, 2.24) is 0 Å². The molecule has 0 heterocycles. The Balaban J connectivity index is 2.60. The van der Waals surface area contributed by atoms with Crippen LogP contribution in [0, 0.1) is 11.3 Å². The second-order valence-corrected chi connectivity index (χ2v) is 6.10. The lowest BCUT2D eigenvalue weighted by Crippen LogP contribution is -2.08. The number of benzene rings is 1. The molecule has 5 nitrogen and oxygen atoms in total. The van der Waals surface area contributed by atoms with Crippen LogP contribution in [0.4, 0.5) is 0 Å². The lowest BCUT2D eigenvalue weighted by molar-refractivity contribution is 0.315. The largest absolute Gasteiger partial charge is 0.497 e. The molecule has 18 heavy (non-hydrogen) atoms. The lowest BCUT2D eigenvalue weighted by Gasteiger charge is -2.08. The van der Waals surface area contributed by atoms with Crippen LogP contribution < -0.4 is 9.47 Å². The molecule has 1 rings (SSSR count). The van der Waals surface area contributed by atoms with Gasteiger partial charge in [0.05, 0.1) is 31.1 Å². The van der Waals surface area contributed by atoms with Crippen molar-refractivity contribution in [2.45, 2.75) is 6.42 Å². The van der Waals surface area contributed by atoms with Crippen LogP contribution in [0.3, 0.4) is 0 Å². The van der Waals surface area contributed by atoms with Crippen LogP contribution in [0.1, 0.15) is 12.0 Å². The summed E-state index contributed by atoms with van der Waals surface area (Å²) in [6, 6.07) is 6.84. The standard InChI is InChI=1S/C12H15NO4S/c1-16-11-6-10(9-13)7-12(8-11)17-4-3-5-18(2,14)15/h6-8H,3-5H2,1-2H3. The SMILES string of the molecule is COc1cc(C#N)cc(OCCCS(C)(=O)=O)c1. The van der Waals surface area contributed by atoms with Crippen molar-refractivity contribution in [1.29, 1.82) is 5.26 Å². The zero-order valence-electron chi connectivity index (χ0n) is 10.3. The van der Waals surface area contributed by atoms with E-state index in [0.29, 0.717) is 23.5 Å². The van der Waals surface area contributed by atoms with Gasteiger partial charge in [-0.15, -0.1) is 0 Å². The molecule has 98 valence electrons. The van der Waals surface area contributed by atoms with Crippen molar-refractivity contribution in [3.8, 4) is 17.6 Å². The van der Waals surface area contributed by atoms with E-state index in [-0.39, 0.29) is 12.4 Å². The number of hydrogen-bond donors (Lipinski definition) is 0. The van der Waals surface area contributed by atoms with Crippen LogP contribution in [0.25, 0.3) is 0 Å². The molecule has 0 spiro atoms. The fourth-order valence-corrected chi connectivity index (χ4v) is 1.99. The molecule has 0 saturated heterocycles. The van der Waals surface area contributed by atoms with E-state index in [0.717, 1.165) is 0 Å². The Hall–Kier alpha value is -1.74. The van der Waals surface area contributed by atoms with Crippen molar-refractivity contribution < 1.29 is 17.9 Å². The highest BCUT2D eigenvalue weighted by atomic mass is 32.2. The maximum absolute atomic E-state index is 10.9. The third-order valence-electron chi connectivity index (χ3n) is 2.17. The number of rotatable bonds is 6.